The molecule has 3 nitrogen and oxygen atoms in total. The van der Waals surface area contributed by atoms with Crippen LogP contribution < -0.4 is 0 Å². The van der Waals surface area contributed by atoms with Crippen molar-refractivity contribution in [3.8, 4) is 5.75 Å². The number of rotatable bonds is 2. The smallest absolute Gasteiger partial charge is 0.199 e. The SMILES string of the molecule is Oc1ccc2nc(Cc3ccc(Cl)cc3)oc2c1. The van der Waals surface area contributed by atoms with Gasteiger partial charge in [0.05, 0.1) is 0 Å². The Hall–Kier alpha value is -2.00. The largest absolute Gasteiger partial charge is 0.508 e. The van der Waals surface area contributed by atoms with E-state index < -0.39 is 0 Å². The minimum Gasteiger partial charge on any atom is -0.508 e. The maximum absolute atomic E-state index is 9.36. The molecule has 0 atom stereocenters. The third-order valence-corrected chi connectivity index (χ3v) is 2.94. The van der Waals surface area contributed by atoms with Crippen LogP contribution in [0.4, 0.5) is 0 Å². The average Bonchev–Trinajstić information content (AvgIpc) is 2.73. The topological polar surface area (TPSA) is 46.3 Å². The molecule has 90 valence electrons. The van der Waals surface area contributed by atoms with E-state index in [2.05, 4.69) is 4.98 Å². The van der Waals surface area contributed by atoms with Crippen molar-refractivity contribution >= 4 is 22.7 Å². The fourth-order valence-electron chi connectivity index (χ4n) is 1.81. The molecule has 0 aliphatic carbocycles. The molecule has 0 bridgehead atoms. The van der Waals surface area contributed by atoms with Crippen LogP contribution >= 0.6 is 11.6 Å². The van der Waals surface area contributed by atoms with Crippen molar-refractivity contribution in [1.29, 1.82) is 0 Å². The van der Waals surface area contributed by atoms with E-state index in [1.165, 1.54) is 0 Å². The number of aromatic nitrogens is 1. The van der Waals surface area contributed by atoms with Crippen molar-refractivity contribution in [3.05, 3.63) is 58.9 Å². The summed E-state index contributed by atoms with van der Waals surface area (Å²) in [7, 11) is 0. The molecule has 0 saturated heterocycles. The fourth-order valence-corrected chi connectivity index (χ4v) is 1.94. The second-order valence-corrected chi connectivity index (χ2v) is 4.50. The molecule has 3 aromatic rings. The number of nitrogens with zero attached hydrogens (tertiary/aromatic N) is 1. The maximum atomic E-state index is 9.36. The van der Waals surface area contributed by atoms with Crippen LogP contribution in [0.3, 0.4) is 0 Å². The van der Waals surface area contributed by atoms with Crippen molar-refractivity contribution in [3.63, 3.8) is 0 Å². The molecule has 1 N–H and O–H groups in total. The Morgan fingerprint density at radius 1 is 1.11 bits per heavy atom. The third-order valence-electron chi connectivity index (χ3n) is 2.68. The van der Waals surface area contributed by atoms with E-state index in [1.807, 2.05) is 24.3 Å². The van der Waals surface area contributed by atoms with Crippen molar-refractivity contribution in [1.82, 2.24) is 4.98 Å². The van der Waals surface area contributed by atoms with Crippen LogP contribution in [-0.4, -0.2) is 10.1 Å². The second-order valence-electron chi connectivity index (χ2n) is 4.06. The van der Waals surface area contributed by atoms with Crippen molar-refractivity contribution in [2.75, 3.05) is 0 Å². The van der Waals surface area contributed by atoms with Crippen LogP contribution in [0.15, 0.2) is 46.9 Å². The van der Waals surface area contributed by atoms with Crippen LogP contribution in [-0.2, 0) is 6.42 Å². The molecule has 18 heavy (non-hydrogen) atoms. The first-order chi connectivity index (χ1) is 8.70. The van der Waals surface area contributed by atoms with E-state index in [0.717, 1.165) is 11.1 Å². The number of phenols is 1. The summed E-state index contributed by atoms with van der Waals surface area (Å²) in [6.07, 6.45) is 0.604. The van der Waals surface area contributed by atoms with Gasteiger partial charge < -0.3 is 9.52 Å². The highest BCUT2D eigenvalue weighted by molar-refractivity contribution is 6.30. The Bertz CT molecular complexity index is 689. The van der Waals surface area contributed by atoms with Crippen LogP contribution in [0.25, 0.3) is 11.1 Å². The monoisotopic (exact) mass is 259 g/mol. The Morgan fingerprint density at radius 3 is 2.67 bits per heavy atom. The molecule has 0 amide bonds. The number of halogens is 1. The number of aromatic hydroxyl groups is 1. The van der Waals surface area contributed by atoms with E-state index in [0.29, 0.717) is 22.9 Å². The number of oxazole rings is 1. The van der Waals surface area contributed by atoms with Crippen LogP contribution in [0, 0.1) is 0 Å². The Balaban J connectivity index is 1.92. The number of benzene rings is 2. The van der Waals surface area contributed by atoms with Gasteiger partial charge in [-0.15, -0.1) is 0 Å². The highest BCUT2D eigenvalue weighted by atomic mass is 35.5. The van der Waals surface area contributed by atoms with E-state index in [9.17, 15) is 5.11 Å². The normalized spacial score (nSPS) is 10.9. The lowest BCUT2D eigenvalue weighted by molar-refractivity contribution is 0.473. The lowest BCUT2D eigenvalue weighted by Crippen LogP contribution is -1.87. The van der Waals surface area contributed by atoms with Gasteiger partial charge in [-0.1, -0.05) is 23.7 Å². The summed E-state index contributed by atoms with van der Waals surface area (Å²) in [6.45, 7) is 0. The van der Waals surface area contributed by atoms with Gasteiger partial charge in [-0.25, -0.2) is 4.98 Å². The molecule has 0 aliphatic heterocycles. The van der Waals surface area contributed by atoms with Gasteiger partial charge >= 0.3 is 0 Å². The average molecular weight is 260 g/mol. The number of fused-ring (bicyclic) bond motifs is 1. The van der Waals surface area contributed by atoms with Crippen molar-refractivity contribution < 1.29 is 9.52 Å². The Labute approximate surface area is 109 Å². The highest BCUT2D eigenvalue weighted by Crippen LogP contribution is 2.22. The van der Waals surface area contributed by atoms with Crippen LogP contribution in [0.2, 0.25) is 5.02 Å². The minimum absolute atomic E-state index is 0.177. The van der Waals surface area contributed by atoms with E-state index >= 15 is 0 Å². The van der Waals surface area contributed by atoms with Gasteiger partial charge in [-0.3, -0.25) is 0 Å². The highest BCUT2D eigenvalue weighted by Gasteiger charge is 2.07. The lowest BCUT2D eigenvalue weighted by atomic mass is 10.1. The molecule has 3 rings (SSSR count). The fraction of sp³-hybridized carbons (Fsp3) is 0.0714. The van der Waals surface area contributed by atoms with Crippen LogP contribution in [0.5, 0.6) is 5.75 Å². The molecule has 1 heterocycles. The minimum atomic E-state index is 0.177. The molecule has 0 radical (unpaired) electrons. The predicted octanol–water partition coefficient (Wildman–Crippen LogP) is 3.78. The van der Waals surface area contributed by atoms with Gasteiger partial charge in [-0.2, -0.15) is 0 Å². The summed E-state index contributed by atoms with van der Waals surface area (Å²) in [5, 5.41) is 10.1. The van der Waals surface area contributed by atoms with E-state index in [1.54, 1.807) is 18.2 Å². The first kappa shape index (κ1) is 11.1. The van der Waals surface area contributed by atoms with Gasteiger partial charge in [0.15, 0.2) is 11.5 Å². The van der Waals surface area contributed by atoms with E-state index in [-0.39, 0.29) is 5.75 Å². The maximum Gasteiger partial charge on any atom is 0.199 e. The van der Waals surface area contributed by atoms with Crippen LogP contribution in [0.1, 0.15) is 11.5 Å². The third kappa shape index (κ3) is 2.17. The standard InChI is InChI=1S/C14H10ClNO2/c15-10-3-1-9(2-4-10)7-14-16-12-6-5-11(17)8-13(12)18-14/h1-6,8,17H,7H2. The van der Waals surface area contributed by atoms with Crippen molar-refractivity contribution in [2.45, 2.75) is 6.42 Å². The van der Waals surface area contributed by atoms with Gasteiger partial charge in [0.25, 0.3) is 0 Å². The molecule has 0 saturated carbocycles. The molecule has 0 spiro atoms. The summed E-state index contributed by atoms with van der Waals surface area (Å²) in [6, 6.07) is 12.4. The number of hydrogen-bond donors (Lipinski definition) is 1. The summed E-state index contributed by atoms with van der Waals surface area (Å²) >= 11 is 5.83. The summed E-state index contributed by atoms with van der Waals surface area (Å²) in [4.78, 5) is 4.36. The predicted molar refractivity (Wildman–Crippen MR) is 69.9 cm³/mol. The zero-order valence-corrected chi connectivity index (χ0v) is 10.2. The first-order valence-electron chi connectivity index (χ1n) is 5.53. The summed E-state index contributed by atoms with van der Waals surface area (Å²) < 4.78 is 5.58. The Morgan fingerprint density at radius 2 is 1.89 bits per heavy atom. The molecule has 0 fully saturated rings. The van der Waals surface area contributed by atoms with Gasteiger partial charge in [0.1, 0.15) is 11.3 Å². The number of phenolic OH excluding ortho intramolecular Hbond substituents is 1. The zero-order chi connectivity index (χ0) is 12.5. The van der Waals surface area contributed by atoms with Gasteiger partial charge in [0, 0.05) is 17.5 Å². The van der Waals surface area contributed by atoms with Gasteiger partial charge in [0.2, 0.25) is 0 Å². The molecule has 1 aromatic heterocycles. The molecular weight excluding hydrogens is 250 g/mol. The lowest BCUT2D eigenvalue weighted by Gasteiger charge is -1.96. The first-order valence-corrected chi connectivity index (χ1v) is 5.91. The quantitative estimate of drug-likeness (QED) is 0.762. The molecular formula is C14H10ClNO2. The molecule has 2 aromatic carbocycles. The number of hydrogen-bond acceptors (Lipinski definition) is 3. The van der Waals surface area contributed by atoms with Crippen molar-refractivity contribution in [2.24, 2.45) is 0 Å². The Kier molecular flexibility index (Phi) is 2.68. The summed E-state index contributed by atoms with van der Waals surface area (Å²) in [5.41, 5.74) is 2.42. The zero-order valence-electron chi connectivity index (χ0n) is 9.43. The van der Waals surface area contributed by atoms with E-state index in [4.69, 9.17) is 16.0 Å². The summed E-state index contributed by atoms with van der Waals surface area (Å²) in [5.74, 6) is 0.801. The molecule has 0 unspecified atom stereocenters. The molecule has 4 heteroatoms. The second kappa shape index (κ2) is 4.35. The molecule has 0 aliphatic rings. The van der Waals surface area contributed by atoms with Gasteiger partial charge in [-0.05, 0) is 29.8 Å².